The SMILES string of the molecule is C=CCN1CC[C@]23c4c5c(O)cc(OC)c4O[C@H]2[C@@H](N(C)C(=O)CCCCC(=O)c2ccccc2)CC[C@H]3[C@H]1C5. The lowest BCUT2D eigenvalue weighted by molar-refractivity contribution is -0.140. The molecular weight excluding hydrogens is 504 g/mol. The molecule has 5 atom stereocenters. The molecule has 1 N–H and O–H groups in total. The Hall–Kier alpha value is -3.32. The van der Waals surface area contributed by atoms with Crippen LogP contribution in [0, 0.1) is 5.92 Å². The first kappa shape index (κ1) is 26.9. The Bertz CT molecular complexity index is 1310. The van der Waals surface area contributed by atoms with Gasteiger partial charge in [0.05, 0.1) is 13.2 Å². The van der Waals surface area contributed by atoms with Crippen LogP contribution < -0.4 is 9.47 Å². The molecule has 7 nitrogen and oxygen atoms in total. The van der Waals surface area contributed by atoms with Crippen molar-refractivity contribution in [3.8, 4) is 17.2 Å². The van der Waals surface area contributed by atoms with Crippen molar-refractivity contribution in [2.24, 2.45) is 5.92 Å². The number of aromatic hydroxyl groups is 1. The molecule has 2 bridgehead atoms. The predicted octanol–water partition coefficient (Wildman–Crippen LogP) is 4.90. The van der Waals surface area contributed by atoms with Crippen molar-refractivity contribution in [2.75, 3.05) is 27.2 Å². The van der Waals surface area contributed by atoms with Gasteiger partial charge in [-0.1, -0.05) is 36.4 Å². The van der Waals surface area contributed by atoms with Crippen LogP contribution >= 0.6 is 0 Å². The Morgan fingerprint density at radius 1 is 1.23 bits per heavy atom. The van der Waals surface area contributed by atoms with E-state index in [-0.39, 0.29) is 35.0 Å². The predicted molar refractivity (Wildman–Crippen MR) is 153 cm³/mol. The van der Waals surface area contributed by atoms with Crippen LogP contribution in [0.25, 0.3) is 0 Å². The zero-order valence-corrected chi connectivity index (χ0v) is 23.6. The quantitative estimate of drug-likeness (QED) is 0.261. The molecule has 0 unspecified atom stereocenters. The number of carbonyl (C=O) groups is 2. The van der Waals surface area contributed by atoms with E-state index in [0.717, 1.165) is 61.2 Å². The number of carbonyl (C=O) groups excluding carboxylic acids is 2. The Morgan fingerprint density at radius 3 is 2.75 bits per heavy atom. The first-order valence-corrected chi connectivity index (χ1v) is 14.7. The maximum absolute atomic E-state index is 13.5. The van der Waals surface area contributed by atoms with Crippen LogP contribution in [0.2, 0.25) is 0 Å². The van der Waals surface area contributed by atoms with E-state index >= 15 is 0 Å². The molecule has 1 spiro atoms. The number of rotatable bonds is 10. The second-order valence-electron chi connectivity index (χ2n) is 11.9. The minimum Gasteiger partial charge on any atom is -0.508 e. The van der Waals surface area contributed by atoms with Crippen LogP contribution in [0.15, 0.2) is 49.1 Å². The third kappa shape index (κ3) is 4.12. The number of Topliss-reactive ketones (excluding diaryl/α,β-unsaturated/α-hetero) is 1. The highest BCUT2D eigenvalue weighted by molar-refractivity contribution is 5.95. The van der Waals surface area contributed by atoms with Crippen LogP contribution in [-0.2, 0) is 16.6 Å². The van der Waals surface area contributed by atoms with E-state index in [1.54, 1.807) is 13.2 Å². The molecule has 212 valence electrons. The summed E-state index contributed by atoms with van der Waals surface area (Å²) in [5.74, 6) is 2.21. The highest BCUT2D eigenvalue weighted by atomic mass is 16.5. The molecule has 2 aliphatic carbocycles. The summed E-state index contributed by atoms with van der Waals surface area (Å²) in [6.45, 7) is 5.75. The van der Waals surface area contributed by atoms with Crippen molar-refractivity contribution in [2.45, 2.75) is 75.0 Å². The number of ether oxygens (including phenoxy) is 2. The number of benzene rings is 2. The lowest BCUT2D eigenvalue weighted by Gasteiger charge is -2.60. The fourth-order valence-electron chi connectivity index (χ4n) is 8.28. The molecule has 2 aliphatic heterocycles. The second-order valence-corrected chi connectivity index (χ2v) is 11.9. The minimum atomic E-state index is -0.253. The molecular formula is C33H40N2O5. The first-order valence-electron chi connectivity index (χ1n) is 14.7. The van der Waals surface area contributed by atoms with Gasteiger partial charge in [-0.3, -0.25) is 14.5 Å². The van der Waals surface area contributed by atoms with E-state index in [0.29, 0.717) is 43.4 Å². The van der Waals surface area contributed by atoms with Crippen molar-refractivity contribution in [3.05, 3.63) is 65.7 Å². The fraction of sp³-hybridized carbons (Fsp3) is 0.515. The number of phenolic OH excluding ortho intramolecular Hbond substituents is 1. The van der Waals surface area contributed by atoms with Gasteiger partial charge in [-0.2, -0.15) is 0 Å². The van der Waals surface area contributed by atoms with Gasteiger partial charge < -0.3 is 19.5 Å². The van der Waals surface area contributed by atoms with E-state index in [4.69, 9.17) is 9.47 Å². The molecule has 1 saturated carbocycles. The van der Waals surface area contributed by atoms with E-state index in [1.807, 2.05) is 48.4 Å². The summed E-state index contributed by atoms with van der Waals surface area (Å²) in [6, 6.07) is 11.3. The number of nitrogens with zero attached hydrogens (tertiary/aromatic N) is 2. The molecule has 4 aliphatic rings. The molecule has 1 saturated heterocycles. The number of phenols is 1. The smallest absolute Gasteiger partial charge is 0.222 e. The van der Waals surface area contributed by atoms with Gasteiger partial charge in [0.1, 0.15) is 11.9 Å². The van der Waals surface area contributed by atoms with E-state index in [1.165, 1.54) is 0 Å². The molecule has 2 heterocycles. The number of piperidine rings is 1. The van der Waals surface area contributed by atoms with Crippen LogP contribution in [0.4, 0.5) is 0 Å². The van der Waals surface area contributed by atoms with Gasteiger partial charge >= 0.3 is 0 Å². The van der Waals surface area contributed by atoms with Crippen molar-refractivity contribution < 1.29 is 24.2 Å². The molecule has 0 radical (unpaired) electrons. The average molecular weight is 545 g/mol. The van der Waals surface area contributed by atoms with Gasteiger partial charge in [0, 0.05) is 60.6 Å². The number of likely N-dealkylation sites (N-methyl/N-ethyl adjacent to an activating group) is 1. The number of methoxy groups -OCH3 is 1. The summed E-state index contributed by atoms with van der Waals surface area (Å²) in [5, 5.41) is 11.1. The zero-order valence-electron chi connectivity index (χ0n) is 23.6. The maximum atomic E-state index is 13.5. The first-order chi connectivity index (χ1) is 19.4. The largest absolute Gasteiger partial charge is 0.508 e. The molecule has 2 aromatic rings. The third-order valence-electron chi connectivity index (χ3n) is 10.1. The van der Waals surface area contributed by atoms with Gasteiger partial charge in [0.15, 0.2) is 17.3 Å². The van der Waals surface area contributed by atoms with Crippen LogP contribution in [-0.4, -0.2) is 72.0 Å². The molecule has 1 amide bonds. The number of ketones is 1. The molecule has 40 heavy (non-hydrogen) atoms. The van der Waals surface area contributed by atoms with Crippen LogP contribution in [0.5, 0.6) is 17.2 Å². The Balaban J connectivity index is 1.21. The van der Waals surface area contributed by atoms with Crippen molar-refractivity contribution in [3.63, 3.8) is 0 Å². The number of amides is 1. The van der Waals surface area contributed by atoms with Gasteiger partial charge in [-0.15, -0.1) is 6.58 Å². The molecule has 0 aromatic heterocycles. The van der Waals surface area contributed by atoms with Crippen LogP contribution in [0.1, 0.15) is 66.4 Å². The summed E-state index contributed by atoms with van der Waals surface area (Å²) < 4.78 is 12.5. The van der Waals surface area contributed by atoms with E-state index in [9.17, 15) is 14.7 Å². The molecule has 6 rings (SSSR count). The van der Waals surface area contributed by atoms with Crippen molar-refractivity contribution >= 4 is 11.7 Å². The lowest BCUT2D eigenvalue weighted by atomic mass is 9.51. The fourth-order valence-corrected chi connectivity index (χ4v) is 8.28. The van der Waals surface area contributed by atoms with Gasteiger partial charge in [-0.05, 0) is 51.0 Å². The second kappa shape index (κ2) is 10.6. The summed E-state index contributed by atoms with van der Waals surface area (Å²) in [4.78, 5) is 30.3. The van der Waals surface area contributed by atoms with Gasteiger partial charge in [0.25, 0.3) is 0 Å². The zero-order chi connectivity index (χ0) is 28.0. The Morgan fingerprint density at radius 2 is 2.00 bits per heavy atom. The normalized spacial score (nSPS) is 27.9. The summed E-state index contributed by atoms with van der Waals surface area (Å²) >= 11 is 0. The molecule has 2 aromatic carbocycles. The standard InChI is InChI=1S/C33H40N2O5/c1-4-17-35-18-16-33-23-14-15-24(34(2)29(38)13-9-8-12-26(36)21-10-6-5-7-11-21)32(33)40-31-28(39-3)20-27(37)22(30(31)33)19-25(23)35/h4-7,10-11,20,23-25,32,37H,1,8-9,12-19H2,2-3H3/t23-,24-,25+,32-,33-/m0/s1. The number of hydrogen-bond donors (Lipinski definition) is 1. The summed E-state index contributed by atoms with van der Waals surface area (Å²) in [7, 11) is 3.53. The van der Waals surface area contributed by atoms with Crippen molar-refractivity contribution in [1.29, 1.82) is 0 Å². The number of unbranched alkanes of at least 4 members (excludes halogenated alkanes) is 1. The van der Waals surface area contributed by atoms with Gasteiger partial charge in [0.2, 0.25) is 5.91 Å². The average Bonchev–Trinajstić information content (AvgIpc) is 3.31. The number of hydrogen-bond acceptors (Lipinski definition) is 6. The van der Waals surface area contributed by atoms with E-state index < -0.39 is 0 Å². The molecule has 2 fully saturated rings. The maximum Gasteiger partial charge on any atom is 0.222 e. The Kier molecular flexibility index (Phi) is 7.11. The van der Waals surface area contributed by atoms with Gasteiger partial charge in [-0.25, -0.2) is 0 Å². The van der Waals surface area contributed by atoms with Crippen molar-refractivity contribution in [1.82, 2.24) is 9.80 Å². The summed E-state index contributed by atoms with van der Waals surface area (Å²) in [5.41, 5.74) is 2.58. The Labute approximate surface area is 236 Å². The number of likely N-dealkylation sites (tertiary alicyclic amines) is 1. The van der Waals surface area contributed by atoms with Crippen LogP contribution in [0.3, 0.4) is 0 Å². The highest BCUT2D eigenvalue weighted by Gasteiger charge is 2.66. The van der Waals surface area contributed by atoms with E-state index in [2.05, 4.69) is 11.5 Å². The lowest BCUT2D eigenvalue weighted by Crippen LogP contribution is -2.68. The molecule has 7 heteroatoms. The third-order valence-corrected chi connectivity index (χ3v) is 10.1. The minimum absolute atomic E-state index is 0.0634. The topological polar surface area (TPSA) is 79.3 Å². The summed E-state index contributed by atoms with van der Waals surface area (Å²) in [6.07, 6.45) is 7.61. The highest BCUT2D eigenvalue weighted by Crippen LogP contribution is 2.65. The monoisotopic (exact) mass is 544 g/mol.